The van der Waals surface area contributed by atoms with Crippen LogP contribution in [0.15, 0.2) is 0 Å². The van der Waals surface area contributed by atoms with Gasteiger partial charge in [0.1, 0.15) is 0 Å². The molecule has 4 N–H and O–H groups in total. The van der Waals surface area contributed by atoms with Crippen molar-refractivity contribution >= 4 is 46.4 Å². The first-order chi connectivity index (χ1) is 5.77. The van der Waals surface area contributed by atoms with E-state index in [-0.39, 0.29) is 27.6 Å². The second-order valence-electron chi connectivity index (χ2n) is 3.49. The first-order valence-electron chi connectivity index (χ1n) is 4.01. The zero-order chi connectivity index (χ0) is 10.3. The normalized spacial score (nSPS) is 34.7. The van der Waals surface area contributed by atoms with Gasteiger partial charge in [-0.3, -0.25) is 0 Å². The fraction of sp³-hybridized carbons (Fsp3) is 1.00. The number of alkyl halides is 4. The molecule has 1 aliphatic rings. The predicted octanol–water partition coefficient (Wildman–Crippen LogP) is 2.17. The summed E-state index contributed by atoms with van der Waals surface area (Å²) in [6, 6.07) is 0. The summed E-state index contributed by atoms with van der Waals surface area (Å²) in [6.45, 7) is 0.168. The van der Waals surface area contributed by atoms with Crippen LogP contribution in [-0.4, -0.2) is 20.8 Å². The zero-order valence-electron chi connectivity index (χ0n) is 7.31. The molecule has 88 valence electrons. The van der Waals surface area contributed by atoms with E-state index in [1.165, 1.54) is 0 Å². The van der Waals surface area contributed by atoms with Gasteiger partial charge in [-0.1, -0.05) is 46.4 Å². The minimum atomic E-state index is -1.39. The Morgan fingerprint density at radius 2 is 1.57 bits per heavy atom. The van der Waals surface area contributed by atoms with Gasteiger partial charge in [-0.15, -0.1) is 0 Å². The maximum absolute atomic E-state index is 6.07. The molecule has 1 saturated carbocycles. The Morgan fingerprint density at radius 1 is 1.07 bits per heavy atom. The molecule has 2 nitrogen and oxygen atoms in total. The summed E-state index contributed by atoms with van der Waals surface area (Å²) >= 11 is 24.1. The molecule has 1 rings (SSSR count). The van der Waals surface area contributed by atoms with E-state index in [2.05, 4.69) is 0 Å². The zero-order valence-corrected chi connectivity index (χ0v) is 12.6. The third-order valence-corrected chi connectivity index (χ3v) is 5.29. The van der Waals surface area contributed by atoms with Crippen LogP contribution in [0.4, 0.5) is 0 Å². The largest absolute Gasteiger partial charge is 0.329 e. The fourth-order valence-corrected chi connectivity index (χ4v) is 2.71. The Balaban J connectivity index is 0.00000169. The predicted molar refractivity (Wildman–Crippen MR) is 58.7 cm³/mol. The van der Waals surface area contributed by atoms with Gasteiger partial charge in [0, 0.05) is 27.6 Å². The van der Waals surface area contributed by atoms with E-state index < -0.39 is 14.2 Å². The van der Waals surface area contributed by atoms with Gasteiger partial charge in [-0.25, -0.2) is 0 Å². The van der Waals surface area contributed by atoms with Crippen molar-refractivity contribution in [2.45, 2.75) is 33.5 Å². The van der Waals surface area contributed by atoms with Gasteiger partial charge in [0.2, 0.25) is 0 Å². The summed E-state index contributed by atoms with van der Waals surface area (Å²) in [5.74, 6) is 0. The van der Waals surface area contributed by atoms with Crippen LogP contribution in [0.25, 0.3) is 0 Å². The van der Waals surface area contributed by atoms with Gasteiger partial charge in [0.05, 0.1) is 5.54 Å². The molecule has 7 heteroatoms. The first kappa shape index (κ1) is 15.8. The topological polar surface area (TPSA) is 52.0 Å². The fourth-order valence-electron chi connectivity index (χ4n) is 1.53. The average molecular weight is 461 g/mol. The molecule has 0 radical (unpaired) electrons. The van der Waals surface area contributed by atoms with Gasteiger partial charge in [0.25, 0.3) is 0 Å². The Labute approximate surface area is 118 Å². The maximum Gasteiger partial charge on any atom is 0.169 e. The van der Waals surface area contributed by atoms with Crippen molar-refractivity contribution in [1.82, 2.24) is 0 Å². The van der Waals surface area contributed by atoms with E-state index in [0.717, 1.165) is 6.42 Å². The van der Waals surface area contributed by atoms with Crippen LogP contribution in [0.1, 0.15) is 19.3 Å². The molecule has 0 amide bonds. The van der Waals surface area contributed by atoms with Crippen LogP contribution in [0.2, 0.25) is 0 Å². The van der Waals surface area contributed by atoms with Crippen molar-refractivity contribution in [3.05, 3.63) is 0 Å². The number of hydrogen-bond donors (Lipinski definition) is 2. The third kappa shape index (κ3) is 2.37. The molecule has 1 fully saturated rings. The quantitative estimate of drug-likeness (QED) is 0.589. The van der Waals surface area contributed by atoms with Crippen molar-refractivity contribution in [2.75, 3.05) is 6.54 Å². The Morgan fingerprint density at radius 3 is 1.93 bits per heavy atom. The summed E-state index contributed by atoms with van der Waals surface area (Å²) in [5.41, 5.74) is 10.6. The summed E-state index contributed by atoms with van der Waals surface area (Å²) in [5, 5.41) is 0. The van der Waals surface area contributed by atoms with Gasteiger partial charge < -0.3 is 11.5 Å². The number of halogens is 4. The molecule has 0 aliphatic heterocycles. The average Bonchev–Trinajstić information content (AvgIpc) is 2.01. The first-order valence-corrected chi connectivity index (χ1v) is 5.53. The summed E-state index contributed by atoms with van der Waals surface area (Å²) in [6.07, 6.45) is 1.95. The van der Waals surface area contributed by atoms with Crippen molar-refractivity contribution in [2.24, 2.45) is 11.5 Å². The van der Waals surface area contributed by atoms with Gasteiger partial charge >= 0.3 is 0 Å². The molecular weight excluding hydrogens is 449 g/mol. The van der Waals surface area contributed by atoms with Crippen molar-refractivity contribution in [3.8, 4) is 0 Å². The molecule has 1 aliphatic carbocycles. The number of nitrogens with two attached hydrogens (primary N) is 2. The Kier molecular flexibility index (Phi) is 5.58. The molecule has 0 aromatic rings. The molecule has 0 spiro atoms. The van der Waals surface area contributed by atoms with E-state index in [0.29, 0.717) is 12.8 Å². The van der Waals surface area contributed by atoms with Gasteiger partial charge in [-0.05, 0) is 19.3 Å². The van der Waals surface area contributed by atoms with Crippen LogP contribution in [-0.2, 0) is 21.1 Å². The van der Waals surface area contributed by atoms with Crippen LogP contribution < -0.4 is 11.5 Å². The van der Waals surface area contributed by atoms with Gasteiger partial charge in [0.15, 0.2) is 8.67 Å². The molecule has 14 heavy (non-hydrogen) atoms. The minimum Gasteiger partial charge on any atom is -0.329 e. The summed E-state index contributed by atoms with van der Waals surface area (Å²) in [4.78, 5) is 0. The molecule has 0 aromatic heterocycles. The Hall–Kier alpha value is 1.77. The number of hydrogen-bond acceptors (Lipinski definition) is 2. The molecule has 0 saturated heterocycles. The molecule has 0 aromatic carbocycles. The third-order valence-electron chi connectivity index (χ3n) is 2.56. The smallest absolute Gasteiger partial charge is 0.169 e. The van der Waals surface area contributed by atoms with E-state index in [9.17, 15) is 0 Å². The SMILES string of the molecule is NCC1(N)CCCC(Cl)(Cl)C1(Cl)Cl.[Pt]. The van der Waals surface area contributed by atoms with E-state index in [1.807, 2.05) is 0 Å². The van der Waals surface area contributed by atoms with Crippen molar-refractivity contribution in [1.29, 1.82) is 0 Å². The standard InChI is InChI=1S/C7H12Cl4N2.Pt/c8-6(9)3-1-2-5(13,4-12)7(6,10)11;/h1-4,12-13H2;. The van der Waals surface area contributed by atoms with Crippen LogP contribution in [0.3, 0.4) is 0 Å². The molecular formula is C7H12Cl4N2Pt. The van der Waals surface area contributed by atoms with Crippen molar-refractivity contribution in [3.63, 3.8) is 0 Å². The van der Waals surface area contributed by atoms with Crippen LogP contribution >= 0.6 is 46.4 Å². The molecule has 0 heterocycles. The second kappa shape index (κ2) is 4.96. The minimum absolute atomic E-state index is 0. The van der Waals surface area contributed by atoms with E-state index in [1.54, 1.807) is 0 Å². The van der Waals surface area contributed by atoms with Gasteiger partial charge in [-0.2, -0.15) is 0 Å². The van der Waals surface area contributed by atoms with E-state index in [4.69, 9.17) is 57.9 Å². The van der Waals surface area contributed by atoms with Crippen LogP contribution in [0, 0.1) is 0 Å². The molecule has 1 unspecified atom stereocenters. The maximum atomic E-state index is 6.07. The summed E-state index contributed by atoms with van der Waals surface area (Å²) < 4.78 is -2.61. The Bertz CT molecular complexity index is 212. The monoisotopic (exact) mass is 459 g/mol. The molecule has 1 atom stereocenters. The number of rotatable bonds is 1. The van der Waals surface area contributed by atoms with Crippen molar-refractivity contribution < 1.29 is 21.1 Å². The van der Waals surface area contributed by atoms with E-state index >= 15 is 0 Å². The molecule has 0 bridgehead atoms. The van der Waals surface area contributed by atoms with Crippen LogP contribution in [0.5, 0.6) is 0 Å². The summed E-state index contributed by atoms with van der Waals surface area (Å²) in [7, 11) is 0. The second-order valence-corrected chi connectivity index (χ2v) is 6.30.